The molecule has 27 heavy (non-hydrogen) atoms. The van der Waals surface area contributed by atoms with E-state index in [0.717, 1.165) is 25.7 Å². The van der Waals surface area contributed by atoms with E-state index < -0.39 is 0 Å². The zero-order valence-electron chi connectivity index (χ0n) is 16.6. The van der Waals surface area contributed by atoms with E-state index in [4.69, 9.17) is 0 Å². The number of carbonyl (C=O) groups is 2. The lowest BCUT2D eigenvalue weighted by Gasteiger charge is -2.39. The summed E-state index contributed by atoms with van der Waals surface area (Å²) in [5.41, 5.74) is 0.983. The van der Waals surface area contributed by atoms with Gasteiger partial charge in [-0.25, -0.2) is 9.78 Å². The van der Waals surface area contributed by atoms with Gasteiger partial charge in [0.1, 0.15) is 0 Å². The lowest BCUT2D eigenvalue weighted by atomic mass is 9.70. The molecule has 0 saturated heterocycles. The summed E-state index contributed by atoms with van der Waals surface area (Å²) in [6.45, 7) is 6.81. The van der Waals surface area contributed by atoms with E-state index in [9.17, 15) is 9.59 Å². The molecule has 3 N–H and O–H groups in total. The predicted molar refractivity (Wildman–Crippen MR) is 109 cm³/mol. The Morgan fingerprint density at radius 3 is 2.63 bits per heavy atom. The molecule has 7 heteroatoms. The molecule has 0 spiro atoms. The summed E-state index contributed by atoms with van der Waals surface area (Å²) in [5.74, 6) is 0.643. The molecule has 2 unspecified atom stereocenters. The highest BCUT2D eigenvalue weighted by Gasteiger charge is 2.32. The number of thiazole rings is 1. The summed E-state index contributed by atoms with van der Waals surface area (Å²) in [6, 6.07) is 0.313. The summed E-state index contributed by atoms with van der Waals surface area (Å²) in [4.78, 5) is 28.8. The summed E-state index contributed by atoms with van der Waals surface area (Å²) in [7, 11) is 0. The van der Waals surface area contributed by atoms with Crippen molar-refractivity contribution in [1.82, 2.24) is 15.6 Å². The first-order chi connectivity index (χ1) is 12.8. The second-order valence-electron chi connectivity index (χ2n) is 9.08. The van der Waals surface area contributed by atoms with Crippen molar-refractivity contribution < 1.29 is 9.59 Å². The molecule has 2 fully saturated rings. The number of nitrogens with one attached hydrogen (secondary N) is 3. The Morgan fingerprint density at radius 1 is 1.19 bits per heavy atom. The SMILES string of the molecule is CC1CC(NC(=O)Cc2csc(NC(=O)NC3CCCC3)n2)CC(C)(C)C1. The lowest BCUT2D eigenvalue weighted by molar-refractivity contribution is -0.121. The molecule has 2 saturated carbocycles. The van der Waals surface area contributed by atoms with E-state index >= 15 is 0 Å². The van der Waals surface area contributed by atoms with Gasteiger partial charge in [0.05, 0.1) is 12.1 Å². The molecule has 0 aromatic carbocycles. The van der Waals surface area contributed by atoms with Gasteiger partial charge in [0.2, 0.25) is 5.91 Å². The highest BCUT2D eigenvalue weighted by Crippen LogP contribution is 2.38. The quantitative estimate of drug-likeness (QED) is 0.706. The number of urea groups is 1. The first kappa shape index (κ1) is 20.1. The maximum Gasteiger partial charge on any atom is 0.321 e. The van der Waals surface area contributed by atoms with Crippen LogP contribution in [-0.2, 0) is 11.2 Å². The van der Waals surface area contributed by atoms with Crippen LogP contribution in [0.1, 0.15) is 71.4 Å². The second-order valence-corrected chi connectivity index (χ2v) is 9.94. The Bertz CT molecular complexity index is 667. The van der Waals surface area contributed by atoms with Crippen molar-refractivity contribution in [3.8, 4) is 0 Å². The zero-order valence-corrected chi connectivity index (χ0v) is 17.5. The van der Waals surface area contributed by atoms with Crippen molar-refractivity contribution >= 4 is 28.4 Å². The third kappa shape index (κ3) is 6.19. The molecular weight excluding hydrogens is 360 g/mol. The fraction of sp³-hybridized carbons (Fsp3) is 0.750. The molecule has 1 aromatic rings. The number of carbonyl (C=O) groups excluding carboxylic acids is 2. The van der Waals surface area contributed by atoms with E-state index in [1.807, 2.05) is 5.38 Å². The standard InChI is InChI=1S/C20H32N4O2S/c1-13-8-15(11-20(2,3)10-13)21-17(25)9-16-12-27-19(23-16)24-18(26)22-14-6-4-5-7-14/h12-15H,4-11H2,1-3H3,(H,21,25)(H2,22,23,24,26). The molecule has 0 aliphatic heterocycles. The average Bonchev–Trinajstić information content (AvgIpc) is 3.17. The summed E-state index contributed by atoms with van der Waals surface area (Å²) < 4.78 is 0. The van der Waals surface area contributed by atoms with Crippen molar-refractivity contribution in [3.63, 3.8) is 0 Å². The third-order valence-corrected chi connectivity index (χ3v) is 6.36. The number of hydrogen-bond donors (Lipinski definition) is 3. The number of anilines is 1. The van der Waals surface area contributed by atoms with Crippen LogP contribution in [0.3, 0.4) is 0 Å². The first-order valence-electron chi connectivity index (χ1n) is 10.1. The monoisotopic (exact) mass is 392 g/mol. The smallest absolute Gasteiger partial charge is 0.321 e. The molecule has 150 valence electrons. The van der Waals surface area contributed by atoms with Crippen LogP contribution in [0.4, 0.5) is 9.93 Å². The minimum Gasteiger partial charge on any atom is -0.353 e. The molecule has 2 aliphatic rings. The van der Waals surface area contributed by atoms with Crippen molar-refractivity contribution in [2.24, 2.45) is 11.3 Å². The van der Waals surface area contributed by atoms with E-state index in [1.165, 1.54) is 30.6 Å². The summed E-state index contributed by atoms with van der Waals surface area (Å²) >= 11 is 1.36. The molecule has 0 radical (unpaired) electrons. The minimum absolute atomic E-state index is 0.0113. The van der Waals surface area contributed by atoms with Crippen LogP contribution >= 0.6 is 11.3 Å². The van der Waals surface area contributed by atoms with E-state index in [-0.39, 0.29) is 35.9 Å². The van der Waals surface area contributed by atoms with Gasteiger partial charge in [-0.15, -0.1) is 11.3 Å². The molecule has 3 amide bonds. The maximum atomic E-state index is 12.4. The molecule has 2 aliphatic carbocycles. The van der Waals surface area contributed by atoms with Gasteiger partial charge in [0, 0.05) is 17.5 Å². The minimum atomic E-state index is -0.203. The number of nitrogens with zero attached hydrogens (tertiary/aromatic N) is 1. The van der Waals surface area contributed by atoms with Gasteiger partial charge in [-0.05, 0) is 43.4 Å². The topological polar surface area (TPSA) is 83.1 Å². The van der Waals surface area contributed by atoms with E-state index in [1.54, 1.807) is 0 Å². The Morgan fingerprint density at radius 2 is 1.93 bits per heavy atom. The van der Waals surface area contributed by atoms with Crippen molar-refractivity contribution in [3.05, 3.63) is 11.1 Å². The van der Waals surface area contributed by atoms with Gasteiger partial charge in [-0.1, -0.05) is 33.6 Å². The predicted octanol–water partition coefficient (Wildman–Crippen LogP) is 4.08. The first-order valence-corrected chi connectivity index (χ1v) is 11.0. The highest BCUT2D eigenvalue weighted by atomic mass is 32.1. The lowest BCUT2D eigenvalue weighted by Crippen LogP contribution is -2.43. The molecule has 1 aromatic heterocycles. The Labute approximate surface area is 165 Å². The normalized spacial score (nSPS) is 25.1. The van der Waals surface area contributed by atoms with Crippen LogP contribution in [0.15, 0.2) is 5.38 Å². The van der Waals surface area contributed by atoms with Crippen molar-refractivity contribution in [2.75, 3.05) is 5.32 Å². The van der Waals surface area contributed by atoms with E-state index in [2.05, 4.69) is 41.7 Å². The van der Waals surface area contributed by atoms with Crippen LogP contribution < -0.4 is 16.0 Å². The van der Waals surface area contributed by atoms with Gasteiger partial charge < -0.3 is 10.6 Å². The number of rotatable bonds is 5. The summed E-state index contributed by atoms with van der Waals surface area (Å²) in [5, 5.41) is 11.3. The molecule has 0 bridgehead atoms. The van der Waals surface area contributed by atoms with Crippen molar-refractivity contribution in [2.45, 2.75) is 84.2 Å². The number of aromatic nitrogens is 1. The van der Waals surface area contributed by atoms with Crippen LogP contribution in [-0.4, -0.2) is 29.0 Å². The maximum absolute atomic E-state index is 12.4. The van der Waals surface area contributed by atoms with Crippen LogP contribution in [0, 0.1) is 11.3 Å². The molecular formula is C20H32N4O2S. The molecule has 6 nitrogen and oxygen atoms in total. The Hall–Kier alpha value is -1.63. The fourth-order valence-electron chi connectivity index (χ4n) is 4.73. The van der Waals surface area contributed by atoms with Gasteiger partial charge in [0.15, 0.2) is 5.13 Å². The van der Waals surface area contributed by atoms with Crippen LogP contribution in [0.5, 0.6) is 0 Å². The van der Waals surface area contributed by atoms with Gasteiger partial charge in [-0.2, -0.15) is 0 Å². The van der Waals surface area contributed by atoms with Crippen LogP contribution in [0.2, 0.25) is 0 Å². The average molecular weight is 393 g/mol. The highest BCUT2D eigenvalue weighted by molar-refractivity contribution is 7.13. The fourth-order valence-corrected chi connectivity index (χ4v) is 5.44. The Kier molecular flexibility index (Phi) is 6.40. The Balaban J connectivity index is 1.45. The second kappa shape index (κ2) is 8.59. The largest absolute Gasteiger partial charge is 0.353 e. The van der Waals surface area contributed by atoms with Gasteiger partial charge in [-0.3, -0.25) is 10.1 Å². The third-order valence-electron chi connectivity index (χ3n) is 5.56. The van der Waals surface area contributed by atoms with E-state index in [0.29, 0.717) is 16.7 Å². The van der Waals surface area contributed by atoms with Gasteiger partial charge in [0.25, 0.3) is 0 Å². The molecule has 3 rings (SSSR count). The zero-order chi connectivity index (χ0) is 19.4. The van der Waals surface area contributed by atoms with Crippen molar-refractivity contribution in [1.29, 1.82) is 0 Å². The van der Waals surface area contributed by atoms with Crippen LogP contribution in [0.25, 0.3) is 0 Å². The number of hydrogen-bond acceptors (Lipinski definition) is 4. The number of amides is 3. The van der Waals surface area contributed by atoms with Gasteiger partial charge >= 0.3 is 6.03 Å². The molecule has 1 heterocycles. The summed E-state index contributed by atoms with van der Waals surface area (Å²) in [6.07, 6.45) is 7.99. The molecule has 2 atom stereocenters.